The highest BCUT2D eigenvalue weighted by Crippen LogP contribution is 2.33. The molecule has 8 nitrogen and oxygen atoms in total. The number of pyridine rings is 1. The zero-order valence-electron chi connectivity index (χ0n) is 21.1. The summed E-state index contributed by atoms with van der Waals surface area (Å²) in [7, 11) is 2.94. The average molecular weight is 505 g/mol. The molecule has 2 aromatic carbocycles. The van der Waals surface area contributed by atoms with E-state index in [1.165, 1.54) is 20.2 Å². The van der Waals surface area contributed by atoms with Crippen molar-refractivity contribution in [1.82, 2.24) is 19.8 Å². The zero-order valence-corrected chi connectivity index (χ0v) is 21.1. The Labute approximate surface area is 214 Å². The number of ether oxygens (including phenoxy) is 2. The maximum atomic E-state index is 15.4. The van der Waals surface area contributed by atoms with Gasteiger partial charge in [-0.2, -0.15) is 5.10 Å². The number of amides is 1. The first-order chi connectivity index (χ1) is 18.0. The van der Waals surface area contributed by atoms with Crippen LogP contribution < -0.4 is 4.74 Å². The van der Waals surface area contributed by atoms with Crippen LogP contribution in [0.15, 0.2) is 54.6 Å². The largest absolute Gasteiger partial charge is 0.489 e. The third-order valence-corrected chi connectivity index (χ3v) is 6.52. The Morgan fingerprint density at radius 3 is 2.70 bits per heavy atom. The Morgan fingerprint density at radius 2 is 2.00 bits per heavy atom. The number of hydroxylamine groups is 2. The summed E-state index contributed by atoms with van der Waals surface area (Å²) in [4.78, 5) is 23.2. The molecule has 1 aliphatic rings. The van der Waals surface area contributed by atoms with Crippen molar-refractivity contribution in [3.63, 3.8) is 0 Å². The molecular formula is C28H29FN4O4. The van der Waals surface area contributed by atoms with Gasteiger partial charge in [-0.05, 0) is 49.9 Å². The Kier molecular flexibility index (Phi) is 7.16. The first kappa shape index (κ1) is 24.9. The van der Waals surface area contributed by atoms with Crippen LogP contribution in [0.4, 0.5) is 4.39 Å². The van der Waals surface area contributed by atoms with E-state index in [0.717, 1.165) is 29.9 Å². The van der Waals surface area contributed by atoms with Crippen LogP contribution in [0.2, 0.25) is 0 Å². The number of rotatable bonds is 7. The smallest absolute Gasteiger partial charge is 0.278 e. The molecular weight excluding hydrogens is 475 g/mol. The molecule has 0 bridgehead atoms. The number of halogens is 1. The molecule has 1 aliphatic heterocycles. The highest BCUT2D eigenvalue weighted by molar-refractivity contribution is 6.07. The van der Waals surface area contributed by atoms with Gasteiger partial charge in [-0.25, -0.2) is 19.1 Å². The van der Waals surface area contributed by atoms with Gasteiger partial charge in [0, 0.05) is 25.3 Å². The summed E-state index contributed by atoms with van der Waals surface area (Å²) in [6.07, 6.45) is 2.47. The topological polar surface area (TPSA) is 78.7 Å². The van der Waals surface area contributed by atoms with Crippen LogP contribution in [-0.2, 0) is 16.2 Å². The van der Waals surface area contributed by atoms with Gasteiger partial charge >= 0.3 is 0 Å². The SMILES string of the molecule is CON(C)C(=O)c1cc(-c2ccc(OCc3ccccc3)cc2F)nc2c1c(C)nn2C1CCCCO1. The van der Waals surface area contributed by atoms with E-state index in [0.29, 0.717) is 46.9 Å². The second-order valence-electron chi connectivity index (χ2n) is 9.01. The van der Waals surface area contributed by atoms with Crippen molar-refractivity contribution in [2.24, 2.45) is 0 Å². The van der Waals surface area contributed by atoms with Crippen LogP contribution in [0, 0.1) is 12.7 Å². The predicted octanol–water partition coefficient (Wildman–Crippen LogP) is 5.46. The van der Waals surface area contributed by atoms with E-state index in [-0.39, 0.29) is 17.7 Å². The van der Waals surface area contributed by atoms with Gasteiger partial charge in [0.2, 0.25) is 0 Å². The van der Waals surface area contributed by atoms with Crippen molar-refractivity contribution in [2.45, 2.75) is 39.0 Å². The van der Waals surface area contributed by atoms with Crippen LogP contribution in [0.3, 0.4) is 0 Å². The minimum absolute atomic E-state index is 0.248. The molecule has 0 aliphatic carbocycles. The molecule has 1 saturated heterocycles. The van der Waals surface area contributed by atoms with Crippen molar-refractivity contribution in [2.75, 3.05) is 20.8 Å². The van der Waals surface area contributed by atoms with Gasteiger partial charge in [-0.3, -0.25) is 9.63 Å². The van der Waals surface area contributed by atoms with Gasteiger partial charge in [0.05, 0.1) is 29.4 Å². The Bertz CT molecular complexity index is 1420. The summed E-state index contributed by atoms with van der Waals surface area (Å²) in [5, 5.41) is 6.39. The molecule has 1 fully saturated rings. The monoisotopic (exact) mass is 504 g/mol. The van der Waals surface area contributed by atoms with Gasteiger partial charge in [-0.15, -0.1) is 0 Å². The standard InChI is InChI=1S/C28H29FN4O4/c1-18-26-22(28(34)32(2)35-3)16-24(30-27(26)33(31-18)25-11-7-8-14-36-25)21-13-12-20(15-23(21)29)37-17-19-9-5-4-6-10-19/h4-6,9-10,12-13,15-16,25H,7-8,11,14,17H2,1-3H3. The minimum atomic E-state index is -0.507. The fourth-order valence-electron chi connectivity index (χ4n) is 4.52. The predicted molar refractivity (Wildman–Crippen MR) is 136 cm³/mol. The van der Waals surface area contributed by atoms with Gasteiger partial charge in [0.15, 0.2) is 11.9 Å². The van der Waals surface area contributed by atoms with Gasteiger partial charge in [0.1, 0.15) is 18.2 Å². The van der Waals surface area contributed by atoms with Crippen molar-refractivity contribution in [3.05, 3.63) is 77.2 Å². The summed E-state index contributed by atoms with van der Waals surface area (Å²) in [5.74, 6) is -0.489. The van der Waals surface area contributed by atoms with Crippen LogP contribution in [-0.4, -0.2) is 46.5 Å². The highest BCUT2D eigenvalue weighted by atomic mass is 19.1. The third kappa shape index (κ3) is 5.05. The van der Waals surface area contributed by atoms with Crippen LogP contribution in [0.1, 0.15) is 47.1 Å². The van der Waals surface area contributed by atoms with E-state index in [1.807, 2.05) is 37.3 Å². The number of carbonyl (C=O) groups is 1. The third-order valence-electron chi connectivity index (χ3n) is 6.52. The number of fused-ring (bicyclic) bond motifs is 1. The maximum Gasteiger partial charge on any atom is 0.278 e. The van der Waals surface area contributed by atoms with Crippen LogP contribution >= 0.6 is 0 Å². The molecule has 4 aromatic rings. The lowest BCUT2D eigenvalue weighted by Crippen LogP contribution is -2.26. The Morgan fingerprint density at radius 1 is 1.19 bits per heavy atom. The molecule has 5 rings (SSSR count). The van der Waals surface area contributed by atoms with E-state index in [4.69, 9.17) is 19.3 Å². The number of carbonyl (C=O) groups excluding carboxylic acids is 1. The first-order valence-corrected chi connectivity index (χ1v) is 12.3. The lowest BCUT2D eigenvalue weighted by atomic mass is 10.0. The maximum absolute atomic E-state index is 15.4. The molecule has 3 heterocycles. The normalized spacial score (nSPS) is 15.6. The lowest BCUT2D eigenvalue weighted by Gasteiger charge is -2.23. The summed E-state index contributed by atoms with van der Waals surface area (Å²) in [6, 6.07) is 15.9. The van der Waals surface area contributed by atoms with Gasteiger partial charge in [0.25, 0.3) is 5.91 Å². The van der Waals surface area contributed by atoms with Gasteiger partial charge in [-0.1, -0.05) is 30.3 Å². The lowest BCUT2D eigenvalue weighted by molar-refractivity contribution is -0.0755. The molecule has 9 heteroatoms. The fraction of sp³-hybridized carbons (Fsp3) is 0.321. The van der Waals surface area contributed by atoms with Crippen molar-refractivity contribution >= 4 is 16.9 Å². The molecule has 0 saturated carbocycles. The van der Waals surface area contributed by atoms with E-state index in [2.05, 4.69) is 5.10 Å². The summed E-state index contributed by atoms with van der Waals surface area (Å²) < 4.78 is 28.8. The number of hydrogen-bond donors (Lipinski definition) is 0. The fourth-order valence-corrected chi connectivity index (χ4v) is 4.52. The molecule has 2 aromatic heterocycles. The molecule has 1 atom stereocenters. The van der Waals surface area contributed by atoms with Crippen molar-refractivity contribution < 1.29 is 23.5 Å². The molecule has 1 unspecified atom stereocenters. The first-order valence-electron chi connectivity index (χ1n) is 12.3. The summed E-state index contributed by atoms with van der Waals surface area (Å²) in [5.41, 5.74) is 2.98. The second kappa shape index (κ2) is 10.7. The van der Waals surface area contributed by atoms with E-state index in [1.54, 1.807) is 22.9 Å². The summed E-state index contributed by atoms with van der Waals surface area (Å²) in [6.45, 7) is 2.78. The van der Waals surface area contributed by atoms with Crippen molar-refractivity contribution in [3.8, 4) is 17.0 Å². The average Bonchev–Trinajstić information content (AvgIpc) is 3.27. The zero-order chi connectivity index (χ0) is 25.9. The molecule has 37 heavy (non-hydrogen) atoms. The number of aryl methyl sites for hydroxylation is 1. The molecule has 0 N–H and O–H groups in total. The summed E-state index contributed by atoms with van der Waals surface area (Å²) >= 11 is 0. The quantitative estimate of drug-likeness (QED) is 0.311. The van der Waals surface area contributed by atoms with Crippen molar-refractivity contribution in [1.29, 1.82) is 0 Å². The van der Waals surface area contributed by atoms with E-state index in [9.17, 15) is 4.79 Å². The second-order valence-corrected chi connectivity index (χ2v) is 9.01. The number of benzene rings is 2. The number of aromatic nitrogens is 3. The molecule has 0 radical (unpaired) electrons. The van der Waals surface area contributed by atoms with Crippen LogP contribution in [0.5, 0.6) is 5.75 Å². The van der Waals surface area contributed by atoms with Crippen LogP contribution in [0.25, 0.3) is 22.3 Å². The minimum Gasteiger partial charge on any atom is -0.489 e. The Hall–Kier alpha value is -3.82. The van der Waals surface area contributed by atoms with E-state index < -0.39 is 5.82 Å². The highest BCUT2D eigenvalue weighted by Gasteiger charge is 2.27. The Balaban J connectivity index is 1.57. The van der Waals surface area contributed by atoms with E-state index >= 15 is 4.39 Å². The molecule has 192 valence electrons. The van der Waals surface area contributed by atoms with Gasteiger partial charge < -0.3 is 9.47 Å². The molecule has 0 spiro atoms. The number of hydrogen-bond acceptors (Lipinski definition) is 6. The molecule has 1 amide bonds. The number of nitrogens with zero attached hydrogens (tertiary/aromatic N) is 4.